The topological polar surface area (TPSA) is 29.3 Å². The van der Waals surface area contributed by atoms with E-state index in [-0.39, 0.29) is 0 Å². The number of piperidine rings is 1. The average molecular weight is 186 g/mol. The molecular formula is C9H18N2S. The Morgan fingerprint density at radius 2 is 2.08 bits per heavy atom. The van der Waals surface area contributed by atoms with Crippen LogP contribution in [0.1, 0.15) is 19.3 Å². The fourth-order valence-electron chi connectivity index (χ4n) is 2.25. The largest absolute Gasteiger partial charge is 0.327 e. The van der Waals surface area contributed by atoms with E-state index in [1.807, 2.05) is 0 Å². The van der Waals surface area contributed by atoms with Crippen molar-refractivity contribution in [3.05, 3.63) is 0 Å². The first kappa shape index (κ1) is 8.85. The molecule has 0 radical (unpaired) electrons. The highest BCUT2D eigenvalue weighted by molar-refractivity contribution is 8.01. The van der Waals surface area contributed by atoms with Crippen LogP contribution in [-0.4, -0.2) is 41.6 Å². The van der Waals surface area contributed by atoms with Crippen LogP contribution in [0.25, 0.3) is 0 Å². The van der Waals surface area contributed by atoms with Gasteiger partial charge in [-0.2, -0.15) is 11.8 Å². The van der Waals surface area contributed by atoms with Crippen molar-refractivity contribution in [2.75, 3.05) is 25.9 Å². The van der Waals surface area contributed by atoms with E-state index in [0.717, 1.165) is 0 Å². The summed E-state index contributed by atoms with van der Waals surface area (Å²) in [7, 11) is 2.21. The molecule has 70 valence electrons. The van der Waals surface area contributed by atoms with E-state index in [4.69, 9.17) is 5.73 Å². The zero-order valence-corrected chi connectivity index (χ0v) is 8.57. The SMILES string of the molecule is CN1CCC2(CC1)CC(N)CS2. The first-order chi connectivity index (χ1) is 5.70. The van der Waals surface area contributed by atoms with Gasteiger partial charge in [-0.3, -0.25) is 0 Å². The number of likely N-dealkylation sites (tertiary alicyclic amines) is 1. The third-order valence-electron chi connectivity index (χ3n) is 3.14. The number of nitrogens with zero attached hydrogens (tertiary/aromatic N) is 1. The molecule has 0 aliphatic carbocycles. The predicted octanol–water partition coefficient (Wildman–Crippen LogP) is 0.915. The Morgan fingerprint density at radius 1 is 1.42 bits per heavy atom. The molecular weight excluding hydrogens is 168 g/mol. The molecule has 2 aliphatic heterocycles. The second-order valence-electron chi connectivity index (χ2n) is 4.26. The lowest BCUT2D eigenvalue weighted by Crippen LogP contribution is -2.40. The van der Waals surface area contributed by atoms with Gasteiger partial charge in [0.15, 0.2) is 0 Å². The van der Waals surface area contributed by atoms with Crippen molar-refractivity contribution < 1.29 is 0 Å². The lowest BCUT2D eigenvalue weighted by Gasteiger charge is -2.37. The van der Waals surface area contributed by atoms with Gasteiger partial charge in [0, 0.05) is 16.5 Å². The van der Waals surface area contributed by atoms with Crippen LogP contribution in [-0.2, 0) is 0 Å². The third kappa shape index (κ3) is 1.63. The van der Waals surface area contributed by atoms with E-state index in [9.17, 15) is 0 Å². The number of hydrogen-bond donors (Lipinski definition) is 1. The van der Waals surface area contributed by atoms with Crippen molar-refractivity contribution in [1.82, 2.24) is 4.90 Å². The monoisotopic (exact) mass is 186 g/mol. The van der Waals surface area contributed by atoms with Gasteiger partial charge in [0.2, 0.25) is 0 Å². The quantitative estimate of drug-likeness (QED) is 0.610. The first-order valence-electron chi connectivity index (χ1n) is 4.78. The van der Waals surface area contributed by atoms with Crippen molar-refractivity contribution in [3.8, 4) is 0 Å². The van der Waals surface area contributed by atoms with Gasteiger partial charge in [0.25, 0.3) is 0 Å². The van der Waals surface area contributed by atoms with Crippen LogP contribution in [0.3, 0.4) is 0 Å². The summed E-state index contributed by atoms with van der Waals surface area (Å²) in [4.78, 5) is 2.43. The highest BCUT2D eigenvalue weighted by atomic mass is 32.2. The van der Waals surface area contributed by atoms with E-state index < -0.39 is 0 Å². The number of thioether (sulfide) groups is 1. The molecule has 1 unspecified atom stereocenters. The molecule has 1 spiro atoms. The van der Waals surface area contributed by atoms with Crippen LogP contribution in [0.15, 0.2) is 0 Å². The molecule has 0 aromatic rings. The predicted molar refractivity (Wildman–Crippen MR) is 54.5 cm³/mol. The summed E-state index contributed by atoms with van der Waals surface area (Å²) >= 11 is 2.12. The average Bonchev–Trinajstić information content (AvgIpc) is 2.40. The Balaban J connectivity index is 1.95. The molecule has 2 nitrogen and oxygen atoms in total. The second-order valence-corrected chi connectivity index (χ2v) is 5.75. The van der Waals surface area contributed by atoms with Crippen molar-refractivity contribution >= 4 is 11.8 Å². The van der Waals surface area contributed by atoms with Gasteiger partial charge in [0.05, 0.1) is 0 Å². The van der Waals surface area contributed by atoms with Crippen LogP contribution in [0, 0.1) is 0 Å². The van der Waals surface area contributed by atoms with E-state index in [2.05, 4.69) is 23.7 Å². The van der Waals surface area contributed by atoms with Crippen molar-refractivity contribution in [3.63, 3.8) is 0 Å². The number of nitrogens with two attached hydrogens (primary N) is 1. The highest BCUT2D eigenvalue weighted by Gasteiger charge is 2.40. The molecule has 0 aromatic carbocycles. The first-order valence-corrected chi connectivity index (χ1v) is 5.77. The van der Waals surface area contributed by atoms with E-state index in [1.54, 1.807) is 0 Å². The molecule has 0 saturated carbocycles. The lowest BCUT2D eigenvalue weighted by atomic mass is 9.90. The molecule has 2 saturated heterocycles. The van der Waals surface area contributed by atoms with E-state index in [1.165, 1.54) is 38.1 Å². The van der Waals surface area contributed by atoms with Crippen LogP contribution >= 0.6 is 11.8 Å². The van der Waals surface area contributed by atoms with Gasteiger partial charge >= 0.3 is 0 Å². The summed E-state index contributed by atoms with van der Waals surface area (Å²) in [5.74, 6) is 1.18. The van der Waals surface area contributed by atoms with Crippen molar-refractivity contribution in [2.45, 2.75) is 30.1 Å². The van der Waals surface area contributed by atoms with E-state index >= 15 is 0 Å². The molecule has 0 bridgehead atoms. The zero-order chi connectivity index (χ0) is 8.60. The molecule has 1 atom stereocenters. The van der Waals surface area contributed by atoms with Crippen molar-refractivity contribution in [1.29, 1.82) is 0 Å². The molecule has 0 amide bonds. The lowest BCUT2D eigenvalue weighted by molar-refractivity contribution is 0.233. The molecule has 2 heterocycles. The standard InChI is InChI=1S/C9H18N2S/c1-11-4-2-9(3-5-11)6-8(10)7-12-9/h8H,2-7,10H2,1H3. The van der Waals surface area contributed by atoms with Gasteiger partial charge in [-0.25, -0.2) is 0 Å². The summed E-state index contributed by atoms with van der Waals surface area (Å²) < 4.78 is 0.575. The summed E-state index contributed by atoms with van der Waals surface area (Å²) in [6, 6.07) is 0.471. The maximum Gasteiger partial charge on any atom is 0.0200 e. The molecule has 2 fully saturated rings. The summed E-state index contributed by atoms with van der Waals surface area (Å²) in [6.07, 6.45) is 3.95. The maximum absolute atomic E-state index is 5.94. The molecule has 12 heavy (non-hydrogen) atoms. The van der Waals surface area contributed by atoms with E-state index in [0.29, 0.717) is 10.8 Å². The van der Waals surface area contributed by atoms with Crippen LogP contribution < -0.4 is 5.73 Å². The summed E-state index contributed by atoms with van der Waals surface area (Å²) in [5, 5.41) is 0. The smallest absolute Gasteiger partial charge is 0.0200 e. The van der Waals surface area contributed by atoms with Crippen LogP contribution in [0.2, 0.25) is 0 Å². The van der Waals surface area contributed by atoms with Crippen LogP contribution in [0.4, 0.5) is 0 Å². The Bertz CT molecular complexity index is 164. The maximum atomic E-state index is 5.94. The van der Waals surface area contributed by atoms with Gasteiger partial charge < -0.3 is 10.6 Å². The minimum Gasteiger partial charge on any atom is -0.327 e. The minimum absolute atomic E-state index is 0.471. The number of rotatable bonds is 0. The minimum atomic E-state index is 0.471. The van der Waals surface area contributed by atoms with Gasteiger partial charge in [0.1, 0.15) is 0 Å². The van der Waals surface area contributed by atoms with Crippen molar-refractivity contribution in [2.24, 2.45) is 5.73 Å². The van der Waals surface area contributed by atoms with Gasteiger partial charge in [-0.15, -0.1) is 0 Å². The number of hydrogen-bond acceptors (Lipinski definition) is 3. The normalized spacial score (nSPS) is 36.0. The van der Waals surface area contributed by atoms with Gasteiger partial charge in [-0.1, -0.05) is 0 Å². The summed E-state index contributed by atoms with van der Waals surface area (Å²) in [6.45, 7) is 2.53. The third-order valence-corrected chi connectivity index (χ3v) is 4.92. The molecule has 0 aromatic heterocycles. The second kappa shape index (κ2) is 3.20. The fourth-order valence-corrected chi connectivity index (χ4v) is 3.74. The highest BCUT2D eigenvalue weighted by Crippen LogP contribution is 2.44. The molecule has 2 N–H and O–H groups in total. The molecule has 2 rings (SSSR count). The fraction of sp³-hybridized carbons (Fsp3) is 1.00. The zero-order valence-electron chi connectivity index (χ0n) is 7.75. The Hall–Kier alpha value is 0.270. The van der Waals surface area contributed by atoms with Gasteiger partial charge in [-0.05, 0) is 39.4 Å². The Kier molecular flexibility index (Phi) is 2.36. The molecule has 2 aliphatic rings. The van der Waals surface area contributed by atoms with Crippen LogP contribution in [0.5, 0.6) is 0 Å². The molecule has 3 heteroatoms. The Morgan fingerprint density at radius 3 is 2.58 bits per heavy atom. The summed E-state index contributed by atoms with van der Waals surface area (Å²) in [5.41, 5.74) is 5.94. The Labute approximate surface area is 78.9 Å².